The minimum atomic E-state index is -0.438. The molecular weight excluding hydrogens is 292 g/mol. The summed E-state index contributed by atoms with van der Waals surface area (Å²) in [5.74, 6) is 0.269. The van der Waals surface area contributed by atoms with Crippen molar-refractivity contribution in [3.63, 3.8) is 0 Å². The van der Waals surface area contributed by atoms with Gasteiger partial charge in [-0.05, 0) is 36.2 Å². The molecule has 0 bridgehead atoms. The number of hydrogen-bond donors (Lipinski definition) is 2. The third-order valence-corrected chi connectivity index (χ3v) is 3.47. The first-order valence-electron chi connectivity index (χ1n) is 7.09. The lowest BCUT2D eigenvalue weighted by Crippen LogP contribution is -2.12. The number of pyridine rings is 1. The van der Waals surface area contributed by atoms with Gasteiger partial charge in [0.15, 0.2) is 5.82 Å². The first-order chi connectivity index (χ1) is 11.1. The average molecular weight is 308 g/mol. The van der Waals surface area contributed by atoms with Gasteiger partial charge in [-0.15, -0.1) is 5.10 Å². The second-order valence-corrected chi connectivity index (χ2v) is 5.12. The van der Waals surface area contributed by atoms with Crippen LogP contribution < -0.4 is 11.1 Å². The highest BCUT2D eigenvalue weighted by Crippen LogP contribution is 2.17. The van der Waals surface area contributed by atoms with E-state index in [1.807, 2.05) is 25.1 Å². The highest BCUT2D eigenvalue weighted by Gasteiger charge is 2.05. The number of anilines is 1. The molecule has 2 heterocycles. The fourth-order valence-corrected chi connectivity index (χ4v) is 2.15. The van der Waals surface area contributed by atoms with Gasteiger partial charge in [-0.25, -0.2) is 9.67 Å². The number of aromatic nitrogens is 4. The van der Waals surface area contributed by atoms with Crippen LogP contribution in [0.5, 0.6) is 0 Å². The van der Waals surface area contributed by atoms with Gasteiger partial charge in [-0.3, -0.25) is 4.79 Å². The molecule has 1 amide bonds. The molecule has 0 aliphatic rings. The van der Waals surface area contributed by atoms with Gasteiger partial charge in [-0.2, -0.15) is 0 Å². The van der Waals surface area contributed by atoms with Gasteiger partial charge in [-0.1, -0.05) is 17.3 Å². The first kappa shape index (κ1) is 14.7. The number of carbonyl (C=O) groups excluding carboxylic acids is 1. The van der Waals surface area contributed by atoms with Gasteiger partial charge >= 0.3 is 0 Å². The molecule has 116 valence electrons. The van der Waals surface area contributed by atoms with E-state index < -0.39 is 5.91 Å². The average Bonchev–Trinajstić information content (AvgIpc) is 3.09. The predicted octanol–water partition coefficient (Wildman–Crippen LogP) is 1.68. The molecular formula is C16H16N6O. The lowest BCUT2D eigenvalue weighted by molar-refractivity contribution is 0.100. The number of hydrogen-bond acceptors (Lipinski definition) is 5. The number of rotatable bonds is 5. The number of primary amides is 1. The second-order valence-electron chi connectivity index (χ2n) is 5.12. The van der Waals surface area contributed by atoms with Crippen LogP contribution >= 0.6 is 0 Å². The van der Waals surface area contributed by atoms with Gasteiger partial charge in [0, 0.05) is 24.0 Å². The van der Waals surface area contributed by atoms with Crippen LogP contribution in [-0.4, -0.2) is 25.9 Å². The van der Waals surface area contributed by atoms with Crippen molar-refractivity contribution in [1.29, 1.82) is 0 Å². The van der Waals surface area contributed by atoms with Crippen LogP contribution in [0.25, 0.3) is 5.82 Å². The molecule has 0 spiro atoms. The third-order valence-electron chi connectivity index (χ3n) is 3.47. The Balaban J connectivity index is 1.71. The molecule has 7 nitrogen and oxygen atoms in total. The minimum absolute atomic E-state index is 0.438. The topological polar surface area (TPSA) is 98.7 Å². The van der Waals surface area contributed by atoms with E-state index in [-0.39, 0.29) is 0 Å². The molecule has 7 heteroatoms. The van der Waals surface area contributed by atoms with Crippen LogP contribution in [0, 0.1) is 6.92 Å². The minimum Gasteiger partial charge on any atom is -0.381 e. The maximum Gasteiger partial charge on any atom is 0.248 e. The number of aryl methyl sites for hydroxylation is 1. The van der Waals surface area contributed by atoms with Crippen LogP contribution in [0.15, 0.2) is 48.9 Å². The number of nitrogens with one attached hydrogen (secondary N) is 1. The highest BCUT2D eigenvalue weighted by atomic mass is 16.1. The van der Waals surface area contributed by atoms with Crippen LogP contribution in [0.1, 0.15) is 21.5 Å². The summed E-state index contributed by atoms with van der Waals surface area (Å²) in [5, 5.41) is 10.9. The zero-order chi connectivity index (χ0) is 16.2. The molecule has 0 atom stereocenters. The Morgan fingerprint density at radius 1 is 1.30 bits per heavy atom. The molecule has 0 saturated carbocycles. The molecule has 1 aromatic carbocycles. The van der Waals surface area contributed by atoms with Gasteiger partial charge < -0.3 is 11.1 Å². The molecule has 0 fully saturated rings. The molecule has 3 rings (SSSR count). The maximum atomic E-state index is 11.3. The van der Waals surface area contributed by atoms with E-state index in [9.17, 15) is 4.79 Å². The number of benzene rings is 1. The van der Waals surface area contributed by atoms with E-state index in [1.165, 1.54) is 0 Å². The summed E-state index contributed by atoms with van der Waals surface area (Å²) in [5.41, 5.74) is 8.73. The summed E-state index contributed by atoms with van der Waals surface area (Å²) in [4.78, 5) is 15.6. The van der Waals surface area contributed by atoms with Crippen molar-refractivity contribution in [1.82, 2.24) is 20.0 Å². The summed E-state index contributed by atoms with van der Waals surface area (Å²) >= 11 is 0. The molecule has 23 heavy (non-hydrogen) atoms. The maximum absolute atomic E-state index is 11.3. The molecule has 3 N–H and O–H groups in total. The number of nitrogens with two attached hydrogens (primary N) is 1. The standard InChI is InChI=1S/C16H16N6O/c1-11-2-4-13(16(17)23)8-14(11)18-9-12-3-5-15(19-10-12)22-7-6-20-21-22/h2-8,10,18H,9H2,1H3,(H2,17,23). The largest absolute Gasteiger partial charge is 0.381 e. The molecule has 0 saturated heterocycles. The van der Waals surface area contributed by atoms with Gasteiger partial charge in [0.25, 0.3) is 0 Å². The molecule has 0 radical (unpaired) electrons. The molecule has 3 aromatic rings. The van der Waals surface area contributed by atoms with Gasteiger partial charge in [0.1, 0.15) is 0 Å². The van der Waals surface area contributed by atoms with Crippen molar-refractivity contribution >= 4 is 11.6 Å². The Kier molecular flexibility index (Phi) is 4.01. The Hall–Kier alpha value is -3.22. The lowest BCUT2D eigenvalue weighted by atomic mass is 10.1. The first-order valence-corrected chi connectivity index (χ1v) is 7.09. The Labute approximate surface area is 133 Å². The molecule has 0 aliphatic carbocycles. The third kappa shape index (κ3) is 3.34. The molecule has 0 aliphatic heterocycles. The summed E-state index contributed by atoms with van der Waals surface area (Å²) in [7, 11) is 0. The van der Waals surface area contributed by atoms with Crippen LogP contribution in [-0.2, 0) is 6.54 Å². The SMILES string of the molecule is Cc1ccc(C(N)=O)cc1NCc1ccc(-n2ccnn2)nc1. The Bertz CT molecular complexity index is 811. The van der Waals surface area contributed by atoms with Crippen molar-refractivity contribution in [2.75, 3.05) is 5.32 Å². The zero-order valence-corrected chi connectivity index (χ0v) is 12.6. The Morgan fingerprint density at radius 3 is 2.83 bits per heavy atom. The van der Waals surface area contributed by atoms with E-state index in [0.717, 1.165) is 16.8 Å². The van der Waals surface area contributed by atoms with Crippen LogP contribution in [0.2, 0.25) is 0 Å². The summed E-state index contributed by atoms with van der Waals surface area (Å²) < 4.78 is 1.59. The van der Waals surface area contributed by atoms with Crippen LogP contribution in [0.4, 0.5) is 5.69 Å². The van der Waals surface area contributed by atoms with Crippen molar-refractivity contribution in [2.24, 2.45) is 5.73 Å². The number of nitrogens with zero attached hydrogens (tertiary/aromatic N) is 4. The number of carbonyl (C=O) groups is 1. The number of amides is 1. The van der Waals surface area contributed by atoms with Crippen LogP contribution in [0.3, 0.4) is 0 Å². The van der Waals surface area contributed by atoms with Crippen molar-refractivity contribution in [3.05, 3.63) is 65.6 Å². The molecule has 2 aromatic heterocycles. The fourth-order valence-electron chi connectivity index (χ4n) is 2.15. The zero-order valence-electron chi connectivity index (χ0n) is 12.6. The van der Waals surface area contributed by atoms with E-state index in [1.54, 1.807) is 35.4 Å². The molecule has 0 unspecified atom stereocenters. The Morgan fingerprint density at radius 2 is 2.17 bits per heavy atom. The highest BCUT2D eigenvalue weighted by molar-refractivity contribution is 5.94. The van der Waals surface area contributed by atoms with Crippen molar-refractivity contribution < 1.29 is 4.79 Å². The fraction of sp³-hybridized carbons (Fsp3) is 0.125. The summed E-state index contributed by atoms with van der Waals surface area (Å²) in [6, 6.07) is 9.18. The van der Waals surface area contributed by atoms with E-state index in [4.69, 9.17) is 5.73 Å². The van der Waals surface area contributed by atoms with Crippen molar-refractivity contribution in [3.8, 4) is 5.82 Å². The van der Waals surface area contributed by atoms with Gasteiger partial charge in [0.2, 0.25) is 5.91 Å². The van der Waals surface area contributed by atoms with E-state index >= 15 is 0 Å². The second kappa shape index (κ2) is 6.27. The van der Waals surface area contributed by atoms with Crippen molar-refractivity contribution in [2.45, 2.75) is 13.5 Å². The predicted molar refractivity (Wildman–Crippen MR) is 86.2 cm³/mol. The lowest BCUT2D eigenvalue weighted by Gasteiger charge is -2.11. The summed E-state index contributed by atoms with van der Waals surface area (Å²) in [6.45, 7) is 2.56. The normalized spacial score (nSPS) is 10.5. The smallest absolute Gasteiger partial charge is 0.248 e. The van der Waals surface area contributed by atoms with Gasteiger partial charge in [0.05, 0.1) is 12.4 Å². The quantitative estimate of drug-likeness (QED) is 0.747. The monoisotopic (exact) mass is 308 g/mol. The van der Waals surface area contributed by atoms with E-state index in [0.29, 0.717) is 17.9 Å². The summed E-state index contributed by atoms with van der Waals surface area (Å²) in [6.07, 6.45) is 5.11. The van der Waals surface area contributed by atoms with E-state index in [2.05, 4.69) is 20.6 Å².